The molecule has 1 heterocycles. The zero-order valence-electron chi connectivity index (χ0n) is 11.5. The van der Waals surface area contributed by atoms with Gasteiger partial charge in [0.05, 0.1) is 10.5 Å². The van der Waals surface area contributed by atoms with E-state index in [9.17, 15) is 13.2 Å². The molecule has 1 aromatic carbocycles. The zero-order chi connectivity index (χ0) is 15.0. The van der Waals surface area contributed by atoms with Gasteiger partial charge in [0.25, 0.3) is 0 Å². The van der Waals surface area contributed by atoms with Crippen molar-refractivity contribution in [1.29, 1.82) is 0 Å². The molecule has 1 aromatic heterocycles. The first-order chi connectivity index (χ1) is 9.97. The van der Waals surface area contributed by atoms with E-state index in [4.69, 9.17) is 11.6 Å². The molecule has 0 saturated heterocycles. The third-order valence-electron chi connectivity index (χ3n) is 4.22. The van der Waals surface area contributed by atoms with Crippen molar-refractivity contribution in [1.82, 2.24) is 0 Å². The summed E-state index contributed by atoms with van der Waals surface area (Å²) < 4.78 is 41.2. The molecular formula is C16H17ClF3S+. The van der Waals surface area contributed by atoms with Gasteiger partial charge in [-0.1, -0.05) is 37.3 Å². The zero-order valence-corrected chi connectivity index (χ0v) is 13.1. The summed E-state index contributed by atoms with van der Waals surface area (Å²) in [4.78, 5) is 0.585. The van der Waals surface area contributed by atoms with Crippen molar-refractivity contribution >= 4 is 32.2 Å². The van der Waals surface area contributed by atoms with Crippen LogP contribution in [-0.2, 0) is 5.51 Å². The molecule has 0 bridgehead atoms. The van der Waals surface area contributed by atoms with Gasteiger partial charge in [0.1, 0.15) is 0 Å². The summed E-state index contributed by atoms with van der Waals surface area (Å²) in [5.74, 6) is 0.0728. The number of hydrogen-bond acceptors (Lipinski definition) is 0. The monoisotopic (exact) mass is 333 g/mol. The van der Waals surface area contributed by atoms with Crippen LogP contribution in [0.25, 0.3) is 10.1 Å². The Balaban J connectivity index is 2.16. The lowest BCUT2D eigenvalue weighted by atomic mass is 9.98. The van der Waals surface area contributed by atoms with Crippen molar-refractivity contribution in [2.45, 2.75) is 50.0 Å². The Morgan fingerprint density at radius 2 is 1.67 bits per heavy atom. The fourth-order valence-electron chi connectivity index (χ4n) is 3.25. The summed E-state index contributed by atoms with van der Waals surface area (Å²) in [6.07, 6.45) is 6.12. The quantitative estimate of drug-likeness (QED) is 0.383. The first-order valence-corrected chi connectivity index (χ1v) is 8.89. The summed E-state index contributed by atoms with van der Waals surface area (Å²) in [5.41, 5.74) is -4.21. The minimum absolute atomic E-state index is 0.0728. The largest absolute Gasteiger partial charge is 0.600 e. The summed E-state index contributed by atoms with van der Waals surface area (Å²) >= 11 is 5.91. The molecule has 0 radical (unpaired) electrons. The topological polar surface area (TPSA) is 0 Å². The second-order valence-corrected chi connectivity index (χ2v) is 8.09. The van der Waals surface area contributed by atoms with Crippen LogP contribution in [0.15, 0.2) is 24.3 Å². The first-order valence-electron chi connectivity index (χ1n) is 7.29. The minimum Gasteiger partial charge on any atom is -0.118 e. The molecule has 21 heavy (non-hydrogen) atoms. The van der Waals surface area contributed by atoms with E-state index in [0.717, 1.165) is 38.5 Å². The van der Waals surface area contributed by atoms with Crippen LogP contribution < -0.4 is 0 Å². The molecule has 1 saturated carbocycles. The lowest BCUT2D eigenvalue weighted by molar-refractivity contribution is -0.0868. The van der Waals surface area contributed by atoms with Gasteiger partial charge in [-0.05, 0) is 25.0 Å². The molecule has 114 valence electrons. The maximum Gasteiger partial charge on any atom is 0.600 e. The van der Waals surface area contributed by atoms with Crippen molar-refractivity contribution in [2.24, 2.45) is 0 Å². The molecule has 0 N–H and O–H groups in total. The van der Waals surface area contributed by atoms with Crippen LogP contribution in [0.4, 0.5) is 13.2 Å². The highest BCUT2D eigenvalue weighted by molar-refractivity contribution is 7.38. The van der Waals surface area contributed by atoms with Crippen LogP contribution in [0.2, 0.25) is 5.02 Å². The van der Waals surface area contributed by atoms with Crippen molar-refractivity contribution in [3.63, 3.8) is 0 Å². The Kier molecular flexibility index (Phi) is 4.19. The van der Waals surface area contributed by atoms with E-state index in [1.807, 2.05) is 0 Å². The van der Waals surface area contributed by atoms with Crippen LogP contribution in [0.1, 0.15) is 49.3 Å². The molecule has 1 unspecified atom stereocenters. The van der Waals surface area contributed by atoms with E-state index < -0.39 is 16.0 Å². The molecule has 0 amide bonds. The van der Waals surface area contributed by atoms with Crippen LogP contribution in [-0.4, -0.2) is 0 Å². The first kappa shape index (κ1) is 15.2. The fourth-order valence-corrected chi connectivity index (χ4v) is 5.68. The van der Waals surface area contributed by atoms with Crippen LogP contribution in [0.5, 0.6) is 0 Å². The Bertz CT molecular complexity index is 637. The summed E-state index contributed by atoms with van der Waals surface area (Å²) in [6, 6.07) is 6.66. The molecule has 2 aromatic rings. The van der Waals surface area contributed by atoms with Gasteiger partial charge in [0.15, 0.2) is 9.58 Å². The summed E-state index contributed by atoms with van der Waals surface area (Å²) in [7, 11) is -1.80. The fraction of sp³-hybridized carbons (Fsp3) is 0.500. The van der Waals surface area contributed by atoms with Crippen molar-refractivity contribution < 1.29 is 13.2 Å². The van der Waals surface area contributed by atoms with Crippen LogP contribution in [0, 0.1) is 0 Å². The van der Waals surface area contributed by atoms with E-state index in [1.54, 1.807) is 18.2 Å². The summed E-state index contributed by atoms with van der Waals surface area (Å²) in [6.45, 7) is 0. The SMILES string of the molecule is FC(F)(F)[s+]1c(C2CCCCCC2)cc2ccc(Cl)cc21. The van der Waals surface area contributed by atoms with Gasteiger partial charge < -0.3 is 0 Å². The number of thiophene rings is 1. The molecule has 1 aliphatic rings. The second kappa shape index (κ2) is 5.81. The van der Waals surface area contributed by atoms with E-state index in [0.29, 0.717) is 20.0 Å². The Hall–Kier alpha value is -0.740. The van der Waals surface area contributed by atoms with E-state index in [2.05, 4.69) is 0 Å². The average Bonchev–Trinajstić information content (AvgIpc) is 2.59. The number of halogens is 4. The van der Waals surface area contributed by atoms with Crippen molar-refractivity contribution in [3.05, 3.63) is 34.2 Å². The van der Waals surface area contributed by atoms with Gasteiger partial charge >= 0.3 is 5.51 Å². The lowest BCUT2D eigenvalue weighted by Gasteiger charge is -2.10. The van der Waals surface area contributed by atoms with E-state index in [-0.39, 0.29) is 5.92 Å². The van der Waals surface area contributed by atoms with Gasteiger partial charge in [0.2, 0.25) is 0 Å². The molecule has 1 aliphatic carbocycles. The number of benzene rings is 1. The number of rotatable bonds is 1. The van der Waals surface area contributed by atoms with Gasteiger partial charge in [0, 0.05) is 28.5 Å². The molecule has 1 atom stereocenters. The predicted octanol–water partition coefficient (Wildman–Crippen LogP) is 7.16. The number of hydrogen-bond donors (Lipinski definition) is 0. The van der Waals surface area contributed by atoms with Gasteiger partial charge in [-0.3, -0.25) is 0 Å². The number of alkyl halides is 3. The molecule has 1 fully saturated rings. The Labute approximate surface area is 129 Å². The average molecular weight is 334 g/mol. The lowest BCUT2D eigenvalue weighted by Crippen LogP contribution is -2.02. The van der Waals surface area contributed by atoms with Crippen molar-refractivity contribution in [3.8, 4) is 0 Å². The maximum absolute atomic E-state index is 13.6. The third-order valence-corrected chi connectivity index (χ3v) is 6.63. The normalized spacial score (nSPS) is 19.0. The highest BCUT2D eigenvalue weighted by Gasteiger charge is 2.49. The molecule has 5 heteroatoms. The maximum atomic E-state index is 13.6. The highest BCUT2D eigenvalue weighted by atomic mass is 35.5. The Morgan fingerprint density at radius 1 is 1.00 bits per heavy atom. The van der Waals surface area contributed by atoms with E-state index in [1.165, 1.54) is 6.07 Å². The molecule has 3 rings (SSSR count). The standard InChI is InChI=1S/C16H17ClF3S/c17-13-8-7-12-9-14(11-5-3-1-2-4-6-11)21(15(12)10-13)16(18,19)20/h7-11H,1-6H2/q+1. The smallest absolute Gasteiger partial charge is 0.118 e. The van der Waals surface area contributed by atoms with Crippen LogP contribution in [0.3, 0.4) is 0 Å². The second-order valence-electron chi connectivity index (χ2n) is 5.67. The third kappa shape index (κ3) is 3.07. The van der Waals surface area contributed by atoms with Crippen LogP contribution >= 0.6 is 22.1 Å². The Morgan fingerprint density at radius 3 is 2.29 bits per heavy atom. The minimum atomic E-state index is -4.21. The molecular weight excluding hydrogens is 317 g/mol. The highest BCUT2D eigenvalue weighted by Crippen LogP contribution is 2.55. The molecule has 0 aliphatic heterocycles. The molecule has 0 nitrogen and oxygen atoms in total. The van der Waals surface area contributed by atoms with Gasteiger partial charge in [-0.15, -0.1) is 13.2 Å². The predicted molar refractivity (Wildman–Crippen MR) is 83.2 cm³/mol. The molecule has 0 spiro atoms. The number of fused-ring (bicyclic) bond motifs is 1. The van der Waals surface area contributed by atoms with Crippen molar-refractivity contribution in [2.75, 3.05) is 0 Å². The summed E-state index contributed by atoms with van der Waals surface area (Å²) in [5, 5.41) is 1.07. The van der Waals surface area contributed by atoms with Gasteiger partial charge in [-0.2, -0.15) is 0 Å². The van der Waals surface area contributed by atoms with E-state index >= 15 is 0 Å². The van der Waals surface area contributed by atoms with Gasteiger partial charge in [-0.25, -0.2) is 0 Å².